The second-order valence-corrected chi connectivity index (χ2v) is 10.4. The van der Waals surface area contributed by atoms with Crippen molar-refractivity contribution in [1.29, 1.82) is 0 Å². The first-order chi connectivity index (χ1) is 23.0. The van der Waals surface area contributed by atoms with E-state index in [1.807, 2.05) is 0 Å². The highest BCUT2D eigenvalue weighted by atomic mass is 19.3. The van der Waals surface area contributed by atoms with E-state index >= 15 is 4.39 Å². The Bertz CT molecular complexity index is 2340. The summed E-state index contributed by atoms with van der Waals surface area (Å²) in [4.78, 5) is 33.0. The molecule has 43 heavy (non-hydrogen) atoms. The van der Waals surface area contributed by atoms with Crippen LogP contribution in [0, 0.1) is 5.95 Å². The quantitative estimate of drug-likeness (QED) is 0.293. The smallest absolute Gasteiger partial charge is 0.404 e. The highest BCUT2D eigenvalue weighted by Crippen LogP contribution is 2.43. The van der Waals surface area contributed by atoms with Crippen LogP contribution in [0.15, 0.2) is 41.6 Å². The molecule has 6 aromatic rings. The van der Waals surface area contributed by atoms with Gasteiger partial charge in [-0.25, -0.2) is 23.4 Å². The van der Waals surface area contributed by atoms with Crippen molar-refractivity contribution in [3.05, 3.63) is 53.2 Å². The third kappa shape index (κ3) is 4.25. The van der Waals surface area contributed by atoms with Gasteiger partial charge in [-0.05, 0) is 30.5 Å². The monoisotopic (exact) mass is 599 g/mol. The third-order valence-corrected chi connectivity index (χ3v) is 7.84. The molecule has 0 bridgehead atoms. The Balaban J connectivity index is 1.57. The minimum Gasteiger partial charge on any atom is -0.446 e. The second-order valence-electron chi connectivity index (χ2n) is 10.4. The first kappa shape index (κ1) is 20.7. The van der Waals surface area contributed by atoms with Gasteiger partial charge in [0.1, 0.15) is 18.3 Å². The maximum atomic E-state index is 15.5. The minimum atomic E-state index is -2.96. The van der Waals surface area contributed by atoms with Crippen LogP contribution in [0.3, 0.4) is 0 Å². The number of imidazole rings is 1. The molecule has 1 aliphatic carbocycles. The number of hydrogen-bond donors (Lipinski definition) is 2. The molecule has 0 unspecified atom stereocenters. The molecule has 1 aliphatic rings. The number of aryl methyl sites for hydroxylation is 2. The molecule has 1 amide bonds. The summed E-state index contributed by atoms with van der Waals surface area (Å²) < 4.78 is 98.5. The van der Waals surface area contributed by atoms with E-state index in [-0.39, 0.29) is 45.3 Å². The van der Waals surface area contributed by atoms with Gasteiger partial charge in [-0.1, -0.05) is 6.07 Å². The number of nitrogens with zero attached hydrogens (tertiary/aromatic N) is 7. The predicted octanol–water partition coefficient (Wildman–Crippen LogP) is 4.23. The number of aromatic amines is 1. The molecule has 1 fully saturated rings. The van der Waals surface area contributed by atoms with E-state index in [1.54, 1.807) is 12.1 Å². The molecular weight excluding hydrogens is 567 g/mol. The van der Waals surface area contributed by atoms with E-state index in [4.69, 9.17) is 18.7 Å². The van der Waals surface area contributed by atoms with E-state index in [0.29, 0.717) is 38.6 Å². The van der Waals surface area contributed by atoms with Crippen LogP contribution in [0.25, 0.3) is 55.4 Å². The van der Waals surface area contributed by atoms with Gasteiger partial charge in [0.25, 0.3) is 6.43 Å². The average Bonchev–Trinajstić information content (AvgIpc) is 3.80. The molecule has 0 saturated heterocycles. The largest absolute Gasteiger partial charge is 0.446 e. The van der Waals surface area contributed by atoms with Crippen LogP contribution in [-0.2, 0) is 25.2 Å². The van der Waals surface area contributed by atoms with Crippen LogP contribution in [0.1, 0.15) is 33.5 Å². The summed E-state index contributed by atoms with van der Waals surface area (Å²) in [6.07, 6.45) is -0.00592. The molecule has 2 atom stereocenters. The summed E-state index contributed by atoms with van der Waals surface area (Å²) >= 11 is 0. The van der Waals surface area contributed by atoms with E-state index in [2.05, 4.69) is 20.2 Å². The van der Waals surface area contributed by atoms with Gasteiger partial charge in [-0.3, -0.25) is 18.5 Å². The number of amides is 1. The van der Waals surface area contributed by atoms with Gasteiger partial charge < -0.3 is 15.5 Å². The fourth-order valence-electron chi connectivity index (χ4n) is 6.14. The van der Waals surface area contributed by atoms with Crippen molar-refractivity contribution in [2.24, 2.45) is 19.7 Å². The van der Waals surface area contributed by atoms with E-state index in [0.717, 1.165) is 10.9 Å². The molecule has 15 heteroatoms. The van der Waals surface area contributed by atoms with Gasteiger partial charge in [-0.15, -0.1) is 5.10 Å². The first-order valence-corrected chi connectivity index (χ1v) is 13.2. The Morgan fingerprint density at radius 2 is 2.12 bits per heavy atom. The van der Waals surface area contributed by atoms with Crippen LogP contribution in [0.5, 0.6) is 0 Å². The van der Waals surface area contributed by atoms with Crippen LogP contribution in [-0.4, -0.2) is 57.3 Å². The van der Waals surface area contributed by atoms with Crippen molar-refractivity contribution in [1.82, 2.24) is 38.7 Å². The number of carbonyl (C=O) groups is 1. The Kier molecular flexibility index (Phi) is 4.70. The number of benzene rings is 1. The number of H-pyrrole nitrogens is 1. The zero-order valence-electron chi connectivity index (χ0n) is 28.1. The lowest BCUT2D eigenvalue weighted by molar-refractivity contribution is 0.108. The number of rotatable bonds is 6. The molecule has 1 aromatic carbocycles. The van der Waals surface area contributed by atoms with Crippen LogP contribution in [0.2, 0.25) is 0 Å². The summed E-state index contributed by atoms with van der Waals surface area (Å²) in [7, 11) is 0. The summed E-state index contributed by atoms with van der Waals surface area (Å²) in [5.74, 6) is -1.15. The highest BCUT2D eigenvalue weighted by molar-refractivity contribution is 6.14. The number of fused-ring (bicyclic) bond motifs is 4. The number of carbonyl (C=O) groups excluding carboxylic acids is 1. The van der Waals surface area contributed by atoms with Crippen molar-refractivity contribution in [2.45, 2.75) is 44.4 Å². The maximum Gasteiger partial charge on any atom is 0.404 e. The molecular formula is C28H26F3N9O3. The third-order valence-electron chi connectivity index (χ3n) is 7.84. The van der Waals surface area contributed by atoms with Gasteiger partial charge in [-0.2, -0.15) is 9.49 Å². The van der Waals surface area contributed by atoms with Crippen molar-refractivity contribution in [2.75, 3.05) is 0 Å². The zero-order chi connectivity index (χ0) is 35.2. The van der Waals surface area contributed by atoms with E-state index in [9.17, 15) is 18.4 Å². The molecule has 222 valence electrons. The van der Waals surface area contributed by atoms with E-state index in [1.165, 1.54) is 23.0 Å². The number of nitrogens with one attached hydrogen (secondary N) is 1. The van der Waals surface area contributed by atoms with Crippen molar-refractivity contribution in [3.63, 3.8) is 0 Å². The molecule has 5 aromatic heterocycles. The Morgan fingerprint density at radius 1 is 1.26 bits per heavy atom. The molecule has 12 nitrogen and oxygen atoms in total. The standard InChI is InChI=1S/C28H26F3N9O3/c1-37-11-17(25(31)36-37)23-21(13-3-6-18-14(7-13)9-34-39(18)12-20(29)30)22-24-19(10-33-26(22)35-23)38(2)28(42)40(24)15-4-5-16(8-15)43-27(32)41/h3,6-7,9-11,15-16,20H,4-5,8,12H2,1-2H3,(H2,32,41)(H,33,35)/t15-,16-/m1/s1/i1D3,2D3. The number of ether oxygens (including phenoxy) is 1. The number of primary amides is 1. The van der Waals surface area contributed by atoms with E-state index < -0.39 is 56.8 Å². The van der Waals surface area contributed by atoms with Gasteiger partial charge in [0, 0.05) is 51.8 Å². The normalized spacial score (nSPS) is 19.9. The zero-order valence-corrected chi connectivity index (χ0v) is 22.1. The molecule has 0 radical (unpaired) electrons. The topological polar surface area (TPSA) is 144 Å². The van der Waals surface area contributed by atoms with Gasteiger partial charge in [0.15, 0.2) is 0 Å². The Morgan fingerprint density at radius 3 is 2.86 bits per heavy atom. The summed E-state index contributed by atoms with van der Waals surface area (Å²) in [5, 5.41) is 8.22. The Labute approximate surface area is 248 Å². The van der Waals surface area contributed by atoms with Crippen LogP contribution >= 0.6 is 0 Å². The van der Waals surface area contributed by atoms with Crippen molar-refractivity contribution >= 4 is 39.1 Å². The minimum absolute atomic E-state index is 0.00400. The molecule has 5 heterocycles. The van der Waals surface area contributed by atoms with Crippen molar-refractivity contribution in [3.8, 4) is 22.4 Å². The fraction of sp³-hybridized carbons (Fsp3) is 0.321. The molecule has 0 aliphatic heterocycles. The first-order valence-electron chi connectivity index (χ1n) is 16.2. The summed E-state index contributed by atoms with van der Waals surface area (Å²) in [6, 6.07) is 4.02. The average molecular weight is 600 g/mol. The lowest BCUT2D eigenvalue weighted by Crippen LogP contribution is -2.26. The number of pyridine rings is 1. The number of nitrogens with two attached hydrogens (primary N) is 1. The molecule has 3 N–H and O–H groups in total. The summed E-state index contributed by atoms with van der Waals surface area (Å²) in [5.41, 5.74) is 5.10. The van der Waals surface area contributed by atoms with Crippen LogP contribution in [0.4, 0.5) is 18.0 Å². The SMILES string of the molecule is [2H]C([2H])([2H])n1cc(-c2[nH]c3ncc4c(c3c2-c2ccc3c(cnn3CC(F)F)c2)n([C@@H]2CC[C@@H](OC(N)=O)C2)c(=O)n4C([2H])([2H])[2H])c(F)n1. The number of aromatic nitrogens is 8. The lowest BCUT2D eigenvalue weighted by Gasteiger charge is -2.14. The van der Waals surface area contributed by atoms with Crippen LogP contribution < -0.4 is 11.4 Å². The van der Waals surface area contributed by atoms with Gasteiger partial charge in [0.05, 0.1) is 45.6 Å². The molecule has 0 spiro atoms. The second kappa shape index (κ2) is 9.74. The van der Waals surface area contributed by atoms with Gasteiger partial charge in [0.2, 0.25) is 5.95 Å². The predicted molar refractivity (Wildman–Crippen MR) is 151 cm³/mol. The Hall–Kier alpha value is -5.08. The number of halogens is 3. The molecule has 1 saturated carbocycles. The summed E-state index contributed by atoms with van der Waals surface area (Å²) in [6.45, 7) is -6.46. The lowest BCUT2D eigenvalue weighted by atomic mass is 9.98. The van der Waals surface area contributed by atoms with Crippen molar-refractivity contribution < 1.29 is 30.9 Å². The van der Waals surface area contributed by atoms with Gasteiger partial charge >= 0.3 is 11.8 Å². The number of alkyl halides is 2. The highest BCUT2D eigenvalue weighted by Gasteiger charge is 2.33. The molecule has 7 rings (SSSR count). The number of hydrogen-bond acceptors (Lipinski definition) is 6. The maximum absolute atomic E-state index is 15.5. The fourth-order valence-corrected chi connectivity index (χ4v) is 6.14.